The fourth-order valence-corrected chi connectivity index (χ4v) is 6.25. The van der Waals surface area contributed by atoms with Gasteiger partial charge in [0.15, 0.2) is 0 Å². The van der Waals surface area contributed by atoms with Crippen molar-refractivity contribution >= 4 is 35.5 Å². The van der Waals surface area contributed by atoms with Crippen LogP contribution in [0, 0.1) is 0 Å². The van der Waals surface area contributed by atoms with E-state index < -0.39 is 23.3 Å². The van der Waals surface area contributed by atoms with E-state index >= 15 is 0 Å². The predicted octanol–water partition coefficient (Wildman–Crippen LogP) is 2.42. The minimum atomic E-state index is -1.24. The first kappa shape index (κ1) is 25.6. The maximum atomic E-state index is 13.0. The molecule has 10 heteroatoms. The van der Waals surface area contributed by atoms with E-state index in [1.807, 2.05) is 36.4 Å². The number of nitrogens with one attached hydrogen (secondary N) is 1. The van der Waals surface area contributed by atoms with E-state index in [-0.39, 0.29) is 29.7 Å². The monoisotopic (exact) mass is 533 g/mol. The summed E-state index contributed by atoms with van der Waals surface area (Å²) in [5.41, 5.74) is 2.57. The molecule has 0 saturated carbocycles. The molecule has 0 radical (unpaired) electrons. The Balaban J connectivity index is 1.26. The molecule has 0 bridgehead atoms. The van der Waals surface area contributed by atoms with E-state index in [9.17, 15) is 29.4 Å². The number of β-lactam (4-membered cyclic amide) rings is 1. The van der Waals surface area contributed by atoms with E-state index in [2.05, 4.69) is 5.32 Å². The number of fused-ring (bicyclic) bond motifs is 1. The summed E-state index contributed by atoms with van der Waals surface area (Å²) in [4.78, 5) is 53.5. The molecule has 0 aromatic heterocycles. The molecule has 2 saturated heterocycles. The van der Waals surface area contributed by atoms with Gasteiger partial charge in [-0.15, -0.1) is 11.8 Å². The van der Waals surface area contributed by atoms with Crippen LogP contribution in [0.1, 0.15) is 24.0 Å². The number of hydrogen-bond donors (Lipinski definition) is 3. The highest BCUT2D eigenvalue weighted by molar-refractivity contribution is 8.00. The molecular weight excluding hydrogens is 506 g/mol. The van der Waals surface area contributed by atoms with Gasteiger partial charge in [0.1, 0.15) is 22.9 Å². The van der Waals surface area contributed by atoms with Gasteiger partial charge in [0, 0.05) is 30.8 Å². The average molecular weight is 534 g/mol. The van der Waals surface area contributed by atoms with Crippen LogP contribution >= 0.6 is 11.8 Å². The first-order chi connectivity index (χ1) is 18.3. The number of allylic oxidation sites excluding steroid dienone is 1. The van der Waals surface area contributed by atoms with Gasteiger partial charge in [0.05, 0.1) is 0 Å². The number of aromatic hydroxyl groups is 1. The van der Waals surface area contributed by atoms with Gasteiger partial charge in [-0.05, 0) is 47.8 Å². The number of thioether (sulfide) groups is 1. The number of phenols is 1. The molecule has 2 fully saturated rings. The van der Waals surface area contributed by atoms with Crippen molar-refractivity contribution in [1.82, 2.24) is 15.1 Å². The Kier molecular flexibility index (Phi) is 7.24. The summed E-state index contributed by atoms with van der Waals surface area (Å²) in [6.45, 7) is 0.813. The highest BCUT2D eigenvalue weighted by Gasteiger charge is 2.54. The Morgan fingerprint density at radius 3 is 2.58 bits per heavy atom. The van der Waals surface area contributed by atoms with Crippen molar-refractivity contribution in [2.45, 2.75) is 37.2 Å². The summed E-state index contributed by atoms with van der Waals surface area (Å²) < 4.78 is 0. The van der Waals surface area contributed by atoms with Gasteiger partial charge in [0.25, 0.3) is 5.91 Å². The summed E-state index contributed by atoms with van der Waals surface area (Å²) in [5.74, 6) is -1.74. The van der Waals surface area contributed by atoms with Crippen LogP contribution in [-0.2, 0) is 32.1 Å². The van der Waals surface area contributed by atoms with Crippen molar-refractivity contribution in [2.24, 2.45) is 0 Å². The number of carbonyl (C=O) groups is 4. The third kappa shape index (κ3) is 5.17. The molecule has 3 amide bonds. The number of amides is 3. The van der Waals surface area contributed by atoms with Crippen LogP contribution in [0.4, 0.5) is 0 Å². The standard InChI is InChI=1S/C28H27N3O6S/c32-21-8-4-7-18(13-21)15-30-12-11-19(25(30)34)14-20-16-38-27-23(26(35)31(27)24(20)28(36)37)29-22(33)10-9-17-5-2-1-3-6-17/h1-8,13-14,23,27,32H,9-12,15-16H2,(H,29,33)(H,36,37)/b19-14+/t23-,27-/m1/s1. The lowest BCUT2D eigenvalue weighted by Crippen LogP contribution is -2.70. The highest BCUT2D eigenvalue weighted by Crippen LogP contribution is 2.41. The van der Waals surface area contributed by atoms with Gasteiger partial charge in [-0.3, -0.25) is 19.3 Å². The maximum Gasteiger partial charge on any atom is 0.352 e. The molecule has 38 heavy (non-hydrogen) atoms. The fourth-order valence-electron chi connectivity index (χ4n) is 4.94. The van der Waals surface area contributed by atoms with Gasteiger partial charge in [-0.2, -0.15) is 0 Å². The zero-order valence-corrected chi connectivity index (χ0v) is 21.3. The van der Waals surface area contributed by atoms with Crippen molar-refractivity contribution in [3.8, 4) is 5.75 Å². The van der Waals surface area contributed by atoms with Crippen molar-refractivity contribution < 1.29 is 29.4 Å². The first-order valence-corrected chi connectivity index (χ1v) is 13.4. The minimum absolute atomic E-state index is 0.125. The Bertz CT molecular complexity index is 1360. The van der Waals surface area contributed by atoms with Gasteiger partial charge < -0.3 is 20.4 Å². The molecule has 3 aliphatic heterocycles. The lowest BCUT2D eigenvalue weighted by atomic mass is 10.0. The van der Waals surface area contributed by atoms with Crippen LogP contribution in [0.2, 0.25) is 0 Å². The second-order valence-corrected chi connectivity index (χ2v) is 10.5. The summed E-state index contributed by atoms with van der Waals surface area (Å²) in [7, 11) is 0. The Morgan fingerprint density at radius 2 is 1.84 bits per heavy atom. The van der Waals surface area contributed by atoms with Crippen molar-refractivity contribution in [2.75, 3.05) is 12.3 Å². The number of carbonyl (C=O) groups excluding carboxylic acids is 3. The fraction of sp³-hybridized carbons (Fsp3) is 0.286. The second kappa shape index (κ2) is 10.7. The second-order valence-electron chi connectivity index (χ2n) is 9.44. The van der Waals surface area contributed by atoms with Gasteiger partial charge in [-0.25, -0.2) is 4.79 Å². The molecule has 3 N–H and O–H groups in total. The maximum absolute atomic E-state index is 13.0. The number of hydrogen-bond acceptors (Lipinski definition) is 6. The summed E-state index contributed by atoms with van der Waals surface area (Å²) in [6, 6.07) is 15.5. The van der Waals surface area contributed by atoms with Crippen LogP contribution in [0.15, 0.2) is 77.5 Å². The third-order valence-corrected chi connectivity index (χ3v) is 8.15. The predicted molar refractivity (Wildman–Crippen MR) is 141 cm³/mol. The number of nitrogens with zero attached hydrogens (tertiary/aromatic N) is 2. The third-order valence-electron chi connectivity index (χ3n) is 6.85. The van der Waals surface area contributed by atoms with E-state index in [0.717, 1.165) is 11.1 Å². The molecule has 2 aromatic rings. The molecular formula is C28H27N3O6S. The highest BCUT2D eigenvalue weighted by atomic mass is 32.2. The van der Waals surface area contributed by atoms with Crippen LogP contribution in [0.25, 0.3) is 0 Å². The zero-order valence-electron chi connectivity index (χ0n) is 20.5. The first-order valence-electron chi connectivity index (χ1n) is 12.3. The molecule has 2 atom stereocenters. The number of likely N-dealkylation sites (tertiary alicyclic amines) is 1. The van der Waals surface area contributed by atoms with Crippen LogP contribution in [-0.4, -0.2) is 67.4 Å². The molecule has 9 nitrogen and oxygen atoms in total. The smallest absolute Gasteiger partial charge is 0.352 e. The molecule has 3 heterocycles. The number of aryl methyl sites for hydroxylation is 1. The molecule has 0 unspecified atom stereocenters. The molecule has 0 spiro atoms. The van der Waals surface area contributed by atoms with Gasteiger partial charge in [0.2, 0.25) is 11.8 Å². The molecule has 3 aliphatic rings. The quantitative estimate of drug-likeness (QED) is 0.351. The van der Waals surface area contributed by atoms with Crippen molar-refractivity contribution in [1.29, 1.82) is 0 Å². The van der Waals surface area contributed by atoms with Crippen molar-refractivity contribution in [3.63, 3.8) is 0 Å². The number of phenolic OH excluding ortho intramolecular Hbond substituents is 1. The number of benzene rings is 2. The Morgan fingerprint density at radius 1 is 1.08 bits per heavy atom. The number of aliphatic carboxylic acids is 1. The van der Waals surface area contributed by atoms with E-state index in [4.69, 9.17) is 0 Å². The van der Waals surface area contributed by atoms with E-state index in [1.54, 1.807) is 29.2 Å². The summed E-state index contributed by atoms with van der Waals surface area (Å²) >= 11 is 1.37. The molecule has 5 rings (SSSR count). The Labute approximate surface area is 223 Å². The van der Waals surface area contributed by atoms with E-state index in [1.165, 1.54) is 16.7 Å². The van der Waals surface area contributed by atoms with Crippen LogP contribution in [0.3, 0.4) is 0 Å². The largest absolute Gasteiger partial charge is 0.508 e. The van der Waals surface area contributed by atoms with Crippen LogP contribution in [0.5, 0.6) is 5.75 Å². The summed E-state index contributed by atoms with van der Waals surface area (Å²) in [5, 5.41) is 21.9. The topological polar surface area (TPSA) is 127 Å². The molecule has 196 valence electrons. The lowest BCUT2D eigenvalue weighted by Gasteiger charge is -2.49. The number of rotatable bonds is 8. The molecule has 0 aliphatic carbocycles. The average Bonchev–Trinajstić information content (AvgIpc) is 3.24. The Hall–Kier alpha value is -4.05. The zero-order chi connectivity index (χ0) is 26.8. The van der Waals surface area contributed by atoms with Gasteiger partial charge in [-0.1, -0.05) is 42.5 Å². The molecule has 2 aromatic carbocycles. The summed E-state index contributed by atoms with van der Waals surface area (Å²) in [6.07, 6.45) is 2.82. The minimum Gasteiger partial charge on any atom is -0.508 e. The van der Waals surface area contributed by atoms with Gasteiger partial charge >= 0.3 is 5.97 Å². The van der Waals surface area contributed by atoms with E-state index in [0.29, 0.717) is 42.8 Å². The SMILES string of the molecule is O=C(CCc1ccccc1)N[C@@H]1C(=O)N2C(C(=O)O)=C(/C=C3\CCN(Cc4cccc(O)c4)C3=O)CS[C@H]12. The normalized spacial score (nSPS) is 21.9. The van der Waals surface area contributed by atoms with Crippen molar-refractivity contribution in [3.05, 3.63) is 88.6 Å². The van der Waals surface area contributed by atoms with Crippen LogP contribution < -0.4 is 5.32 Å². The lowest BCUT2D eigenvalue weighted by molar-refractivity contribution is -0.150. The number of carboxylic acid groups (broad SMARTS) is 1. The number of carboxylic acids is 1.